The van der Waals surface area contributed by atoms with Gasteiger partial charge in [0.15, 0.2) is 10.8 Å². The fraction of sp³-hybridized carbons (Fsp3) is 0.478. The van der Waals surface area contributed by atoms with Gasteiger partial charge in [-0.15, -0.1) is 11.8 Å². The first kappa shape index (κ1) is 22.9. The largest absolute Gasteiger partial charge is 0.356 e. The molecule has 1 amide bonds. The van der Waals surface area contributed by atoms with Crippen LogP contribution in [0.2, 0.25) is 0 Å². The molecule has 1 N–H and O–H groups in total. The number of thioether (sulfide) groups is 2. The molecule has 0 atom stereocenters. The van der Waals surface area contributed by atoms with E-state index in [0.29, 0.717) is 18.7 Å². The zero-order valence-electron chi connectivity index (χ0n) is 18.7. The fourth-order valence-corrected chi connectivity index (χ4v) is 5.18. The Labute approximate surface area is 197 Å². The number of fused-ring (bicyclic) bond motifs is 1. The second kappa shape index (κ2) is 11.0. The number of rotatable bonds is 9. The summed E-state index contributed by atoms with van der Waals surface area (Å²) in [6.45, 7) is 5.27. The van der Waals surface area contributed by atoms with Crippen molar-refractivity contribution in [3.05, 3.63) is 36.0 Å². The predicted molar refractivity (Wildman–Crippen MR) is 133 cm³/mol. The van der Waals surface area contributed by atoms with Gasteiger partial charge in [-0.25, -0.2) is 14.6 Å². The maximum Gasteiger partial charge on any atom is 0.252 e. The average molecular weight is 471 g/mol. The minimum absolute atomic E-state index is 0.0609. The van der Waals surface area contributed by atoms with Gasteiger partial charge in [0.05, 0.1) is 23.7 Å². The molecule has 7 nitrogen and oxygen atoms in total. The number of anilines is 1. The molecule has 0 saturated carbocycles. The third kappa shape index (κ3) is 5.20. The van der Waals surface area contributed by atoms with E-state index < -0.39 is 0 Å². The number of nitrogens with zero attached hydrogens (tertiary/aromatic N) is 5. The van der Waals surface area contributed by atoms with Gasteiger partial charge in [-0.05, 0) is 44.1 Å². The van der Waals surface area contributed by atoms with Crippen molar-refractivity contribution >= 4 is 46.3 Å². The lowest BCUT2D eigenvalue weighted by atomic mass is 10.1. The molecule has 170 valence electrons. The third-order valence-electron chi connectivity index (χ3n) is 5.51. The van der Waals surface area contributed by atoms with Crippen molar-refractivity contribution in [1.82, 2.24) is 25.1 Å². The lowest BCUT2D eigenvalue weighted by molar-refractivity contribution is 0.0949. The Hall–Kier alpha value is -2.26. The van der Waals surface area contributed by atoms with E-state index in [0.717, 1.165) is 52.2 Å². The van der Waals surface area contributed by atoms with Gasteiger partial charge in [0.2, 0.25) is 0 Å². The zero-order chi connectivity index (χ0) is 22.3. The normalized spacial score (nSPS) is 14.1. The summed E-state index contributed by atoms with van der Waals surface area (Å²) in [4.78, 5) is 25.7. The van der Waals surface area contributed by atoms with E-state index in [2.05, 4.69) is 22.2 Å². The Kier molecular flexibility index (Phi) is 7.91. The van der Waals surface area contributed by atoms with Crippen LogP contribution < -0.4 is 10.2 Å². The molecule has 1 saturated heterocycles. The smallest absolute Gasteiger partial charge is 0.252 e. The van der Waals surface area contributed by atoms with Gasteiger partial charge in [0.1, 0.15) is 5.82 Å². The molecule has 1 aromatic carbocycles. The second-order valence-electron chi connectivity index (χ2n) is 7.79. The first-order valence-corrected chi connectivity index (χ1v) is 13.4. The molecule has 0 spiro atoms. The summed E-state index contributed by atoms with van der Waals surface area (Å²) in [6.07, 6.45) is 8.60. The van der Waals surface area contributed by atoms with E-state index in [-0.39, 0.29) is 5.91 Å². The van der Waals surface area contributed by atoms with E-state index in [1.165, 1.54) is 19.3 Å². The molecule has 1 aliphatic rings. The first-order chi connectivity index (χ1) is 15.7. The molecule has 1 fully saturated rings. The monoisotopic (exact) mass is 470 g/mol. The zero-order valence-corrected chi connectivity index (χ0v) is 20.3. The van der Waals surface area contributed by atoms with Crippen molar-refractivity contribution < 1.29 is 4.79 Å². The molecule has 9 heteroatoms. The first-order valence-electron chi connectivity index (χ1n) is 11.2. The highest BCUT2D eigenvalue weighted by molar-refractivity contribution is 7.99. The molecule has 3 aromatic rings. The van der Waals surface area contributed by atoms with E-state index in [4.69, 9.17) is 9.97 Å². The van der Waals surface area contributed by atoms with Crippen LogP contribution in [0.1, 0.15) is 43.0 Å². The van der Waals surface area contributed by atoms with Crippen LogP contribution in [0.15, 0.2) is 40.5 Å². The molecule has 1 aliphatic heterocycles. The predicted octanol–water partition coefficient (Wildman–Crippen LogP) is 4.47. The van der Waals surface area contributed by atoms with Crippen LogP contribution in [0.4, 0.5) is 5.82 Å². The van der Waals surface area contributed by atoms with Gasteiger partial charge < -0.3 is 10.2 Å². The highest BCUT2D eigenvalue weighted by Crippen LogP contribution is 2.29. The van der Waals surface area contributed by atoms with Gasteiger partial charge in [-0.1, -0.05) is 30.8 Å². The minimum atomic E-state index is -0.0609. The van der Waals surface area contributed by atoms with Crippen LogP contribution in [0, 0.1) is 0 Å². The van der Waals surface area contributed by atoms with Crippen molar-refractivity contribution in [2.45, 2.75) is 49.2 Å². The Bertz CT molecular complexity index is 1060. The van der Waals surface area contributed by atoms with Gasteiger partial charge >= 0.3 is 0 Å². The van der Waals surface area contributed by atoms with Crippen molar-refractivity contribution in [3.63, 3.8) is 0 Å². The van der Waals surface area contributed by atoms with Gasteiger partial charge in [0.25, 0.3) is 5.91 Å². The molecule has 4 rings (SSSR count). The number of nitrogens with one attached hydrogen (secondary N) is 1. The number of amides is 1. The topological polar surface area (TPSA) is 75.9 Å². The third-order valence-corrected chi connectivity index (χ3v) is 7.36. The summed E-state index contributed by atoms with van der Waals surface area (Å²) in [7, 11) is 0. The van der Waals surface area contributed by atoms with E-state index in [9.17, 15) is 4.79 Å². The van der Waals surface area contributed by atoms with Crippen LogP contribution in [-0.2, 0) is 6.54 Å². The molecule has 0 radical (unpaired) electrons. The van der Waals surface area contributed by atoms with Crippen LogP contribution in [0.3, 0.4) is 0 Å². The van der Waals surface area contributed by atoms with Gasteiger partial charge in [-0.3, -0.25) is 4.79 Å². The number of carbonyl (C=O) groups is 1. The Morgan fingerprint density at radius 1 is 1.16 bits per heavy atom. The summed E-state index contributed by atoms with van der Waals surface area (Å²) < 4.78 is 1.89. The second-order valence-corrected chi connectivity index (χ2v) is 9.70. The SMILES string of the molecule is CCCSc1nc(N2CCCCC2)c2cnn(CCNC(=O)c3ccccc3SC)c2n1. The molecule has 32 heavy (non-hydrogen) atoms. The summed E-state index contributed by atoms with van der Waals surface area (Å²) in [5.41, 5.74) is 1.55. The van der Waals surface area contributed by atoms with E-state index in [1.54, 1.807) is 23.5 Å². The molecule has 0 bridgehead atoms. The maximum atomic E-state index is 12.7. The Balaban J connectivity index is 1.53. The van der Waals surface area contributed by atoms with Crippen molar-refractivity contribution in [1.29, 1.82) is 0 Å². The van der Waals surface area contributed by atoms with Crippen molar-refractivity contribution in [3.8, 4) is 0 Å². The molecule has 2 aromatic heterocycles. The quantitative estimate of drug-likeness (QED) is 0.365. The molecule has 3 heterocycles. The highest BCUT2D eigenvalue weighted by Gasteiger charge is 2.20. The van der Waals surface area contributed by atoms with E-state index >= 15 is 0 Å². The van der Waals surface area contributed by atoms with Gasteiger partial charge in [-0.2, -0.15) is 5.10 Å². The highest BCUT2D eigenvalue weighted by atomic mass is 32.2. The summed E-state index contributed by atoms with van der Waals surface area (Å²) in [5.74, 6) is 1.93. The average Bonchev–Trinajstić information content (AvgIpc) is 3.25. The van der Waals surface area contributed by atoms with E-state index in [1.807, 2.05) is 41.4 Å². The maximum absolute atomic E-state index is 12.7. The number of carbonyl (C=O) groups excluding carboxylic acids is 1. The Morgan fingerprint density at radius 2 is 1.97 bits per heavy atom. The van der Waals surface area contributed by atoms with Crippen LogP contribution >= 0.6 is 23.5 Å². The van der Waals surface area contributed by atoms with Crippen LogP contribution in [0.25, 0.3) is 11.0 Å². The standard InChI is InChI=1S/C23H30N6OS2/c1-3-15-32-23-26-20(28-12-7-4-8-13-28)18-16-25-29(21(18)27-23)14-11-24-22(30)17-9-5-6-10-19(17)31-2/h5-6,9-10,16H,3-4,7-8,11-15H2,1-2H3,(H,24,30). The van der Waals surface area contributed by atoms with Crippen molar-refractivity contribution in [2.24, 2.45) is 0 Å². The number of piperidine rings is 1. The Morgan fingerprint density at radius 3 is 2.75 bits per heavy atom. The number of benzene rings is 1. The number of hydrogen-bond acceptors (Lipinski definition) is 7. The summed E-state index contributed by atoms with van der Waals surface area (Å²) >= 11 is 3.27. The minimum Gasteiger partial charge on any atom is -0.356 e. The molecular weight excluding hydrogens is 440 g/mol. The molecule has 0 aliphatic carbocycles. The fourth-order valence-electron chi connectivity index (χ4n) is 3.89. The van der Waals surface area contributed by atoms with Crippen LogP contribution in [0.5, 0.6) is 0 Å². The summed E-state index contributed by atoms with van der Waals surface area (Å²) in [5, 5.41) is 9.43. The lowest BCUT2D eigenvalue weighted by Crippen LogP contribution is -2.30. The number of hydrogen-bond donors (Lipinski definition) is 1. The molecule has 0 unspecified atom stereocenters. The summed E-state index contributed by atoms with van der Waals surface area (Å²) in [6, 6.07) is 7.67. The van der Waals surface area contributed by atoms with Crippen LogP contribution in [-0.4, -0.2) is 57.3 Å². The lowest BCUT2D eigenvalue weighted by Gasteiger charge is -2.28. The number of aromatic nitrogens is 4. The molecular formula is C23H30N6OS2. The van der Waals surface area contributed by atoms with Gasteiger partial charge in [0, 0.05) is 30.3 Å². The van der Waals surface area contributed by atoms with Crippen molar-refractivity contribution in [2.75, 3.05) is 36.5 Å².